The van der Waals surface area contributed by atoms with Gasteiger partial charge in [-0.1, -0.05) is 42.5 Å². The lowest BCUT2D eigenvalue weighted by atomic mass is 10.1. The lowest BCUT2D eigenvalue weighted by molar-refractivity contribution is -0.123. The van der Waals surface area contributed by atoms with Crippen molar-refractivity contribution in [3.8, 4) is 0 Å². The Kier molecular flexibility index (Phi) is 7.10. The second-order valence-electron chi connectivity index (χ2n) is 6.93. The van der Waals surface area contributed by atoms with E-state index in [-0.39, 0.29) is 24.1 Å². The van der Waals surface area contributed by atoms with Crippen molar-refractivity contribution in [2.24, 2.45) is 0 Å². The average Bonchev–Trinajstić information content (AvgIpc) is 2.72. The predicted molar refractivity (Wildman–Crippen MR) is 113 cm³/mol. The van der Waals surface area contributed by atoms with Crippen LogP contribution >= 0.6 is 0 Å². The Labute approximate surface area is 169 Å². The van der Waals surface area contributed by atoms with E-state index in [1.807, 2.05) is 60.4 Å². The van der Waals surface area contributed by atoms with Crippen LogP contribution in [0.4, 0.5) is 0 Å². The first-order valence-electron chi connectivity index (χ1n) is 9.60. The van der Waals surface area contributed by atoms with Crippen LogP contribution in [-0.4, -0.2) is 47.6 Å². The number of benzene rings is 2. The van der Waals surface area contributed by atoms with Gasteiger partial charge in [0.15, 0.2) is 0 Å². The minimum atomic E-state index is -0.181. The number of aromatic nitrogens is 2. The molecule has 7 nitrogen and oxygen atoms in total. The number of ether oxygens (including phenoxy) is 1. The first-order chi connectivity index (χ1) is 14.1. The monoisotopic (exact) mass is 394 g/mol. The number of fused-ring (bicyclic) bond motifs is 1. The summed E-state index contributed by atoms with van der Waals surface area (Å²) in [5.74, 6) is 0.425. The Bertz CT molecular complexity index is 1000. The zero-order valence-electron chi connectivity index (χ0n) is 16.7. The fourth-order valence-electron chi connectivity index (χ4n) is 3.17. The van der Waals surface area contributed by atoms with Crippen LogP contribution in [0.5, 0.6) is 0 Å². The van der Waals surface area contributed by atoms with Crippen molar-refractivity contribution in [2.45, 2.75) is 19.5 Å². The molecule has 152 valence electrons. The van der Waals surface area contributed by atoms with Gasteiger partial charge in [0.2, 0.25) is 5.91 Å². The van der Waals surface area contributed by atoms with E-state index in [0.29, 0.717) is 36.4 Å². The highest BCUT2D eigenvalue weighted by Crippen LogP contribution is 2.11. The van der Waals surface area contributed by atoms with Gasteiger partial charge in [0, 0.05) is 13.7 Å². The number of carbonyl (C=O) groups is 1. The zero-order chi connectivity index (χ0) is 20.6. The van der Waals surface area contributed by atoms with E-state index in [1.165, 1.54) is 0 Å². The third-order valence-electron chi connectivity index (χ3n) is 4.69. The minimum absolute atomic E-state index is 0.0911. The van der Waals surface area contributed by atoms with Gasteiger partial charge in [-0.25, -0.2) is 4.98 Å². The molecule has 29 heavy (non-hydrogen) atoms. The van der Waals surface area contributed by atoms with Gasteiger partial charge in [0.1, 0.15) is 5.82 Å². The van der Waals surface area contributed by atoms with Crippen LogP contribution in [-0.2, 0) is 16.1 Å². The standard InChI is InChI=1S/C22H26N4O3/c1-16(17-8-4-3-5-9-17)23-21(27)15-26(12-13-29-2)14-20-24-19-11-7-6-10-18(19)22(28)25-20/h3-11,16H,12-15H2,1-2H3,(H,23,27)(H,24,25,28)/t16-/m1/s1. The summed E-state index contributed by atoms with van der Waals surface area (Å²) in [6.07, 6.45) is 0. The fraction of sp³-hybridized carbons (Fsp3) is 0.318. The highest BCUT2D eigenvalue weighted by molar-refractivity contribution is 5.78. The first-order valence-corrected chi connectivity index (χ1v) is 9.60. The maximum absolute atomic E-state index is 12.6. The second-order valence-corrected chi connectivity index (χ2v) is 6.93. The Hall–Kier alpha value is -3.03. The number of nitrogens with zero attached hydrogens (tertiary/aromatic N) is 2. The van der Waals surface area contributed by atoms with Gasteiger partial charge in [-0.05, 0) is 24.6 Å². The number of nitrogens with one attached hydrogen (secondary N) is 2. The quantitative estimate of drug-likeness (QED) is 0.581. The molecule has 0 bridgehead atoms. The van der Waals surface area contributed by atoms with E-state index in [0.717, 1.165) is 5.56 Å². The lowest BCUT2D eigenvalue weighted by Gasteiger charge is -2.22. The number of methoxy groups -OCH3 is 1. The topological polar surface area (TPSA) is 87.3 Å². The highest BCUT2D eigenvalue weighted by atomic mass is 16.5. The van der Waals surface area contributed by atoms with Crippen molar-refractivity contribution in [3.63, 3.8) is 0 Å². The zero-order valence-corrected chi connectivity index (χ0v) is 16.7. The van der Waals surface area contributed by atoms with Crippen molar-refractivity contribution in [2.75, 3.05) is 26.8 Å². The number of amides is 1. The predicted octanol–water partition coefficient (Wildman–Crippen LogP) is 2.25. The summed E-state index contributed by atoms with van der Waals surface area (Å²) in [7, 11) is 1.62. The molecule has 1 heterocycles. The Morgan fingerprint density at radius 3 is 2.66 bits per heavy atom. The van der Waals surface area contributed by atoms with Gasteiger partial charge >= 0.3 is 0 Å². The first kappa shape index (κ1) is 20.7. The maximum Gasteiger partial charge on any atom is 0.258 e. The van der Waals surface area contributed by atoms with E-state index in [2.05, 4.69) is 15.3 Å². The molecule has 3 aromatic rings. The summed E-state index contributed by atoms with van der Waals surface area (Å²) in [5, 5.41) is 3.57. The Balaban J connectivity index is 1.69. The van der Waals surface area contributed by atoms with Crippen LogP contribution in [0.1, 0.15) is 24.4 Å². The number of hydrogen-bond donors (Lipinski definition) is 2. The molecule has 1 atom stereocenters. The van der Waals surface area contributed by atoms with Gasteiger partial charge < -0.3 is 15.0 Å². The van der Waals surface area contributed by atoms with E-state index in [9.17, 15) is 9.59 Å². The molecular formula is C22H26N4O3. The summed E-state index contributed by atoms with van der Waals surface area (Å²) in [5.41, 5.74) is 1.50. The van der Waals surface area contributed by atoms with Crippen LogP contribution in [0, 0.1) is 0 Å². The molecule has 1 amide bonds. The van der Waals surface area contributed by atoms with Crippen molar-refractivity contribution in [1.82, 2.24) is 20.2 Å². The van der Waals surface area contributed by atoms with E-state index in [4.69, 9.17) is 4.74 Å². The molecular weight excluding hydrogens is 368 g/mol. The van der Waals surface area contributed by atoms with Crippen molar-refractivity contribution < 1.29 is 9.53 Å². The number of hydrogen-bond acceptors (Lipinski definition) is 5. The minimum Gasteiger partial charge on any atom is -0.383 e. The van der Waals surface area contributed by atoms with Crippen molar-refractivity contribution >= 4 is 16.8 Å². The van der Waals surface area contributed by atoms with E-state index >= 15 is 0 Å². The molecule has 0 radical (unpaired) electrons. The molecule has 0 fully saturated rings. The average molecular weight is 394 g/mol. The highest BCUT2D eigenvalue weighted by Gasteiger charge is 2.16. The molecule has 1 aromatic heterocycles. The molecule has 2 aromatic carbocycles. The summed E-state index contributed by atoms with van der Waals surface area (Å²) in [4.78, 5) is 34.1. The maximum atomic E-state index is 12.6. The molecule has 0 saturated heterocycles. The molecule has 2 N–H and O–H groups in total. The SMILES string of the molecule is COCCN(CC(=O)N[C@H](C)c1ccccc1)Cc1nc2ccccc2c(=O)[nH]1. The van der Waals surface area contributed by atoms with E-state index in [1.54, 1.807) is 13.2 Å². The number of para-hydroxylation sites is 1. The number of H-pyrrole nitrogens is 1. The van der Waals surface area contributed by atoms with E-state index < -0.39 is 0 Å². The lowest BCUT2D eigenvalue weighted by Crippen LogP contribution is -2.40. The van der Waals surface area contributed by atoms with Crippen LogP contribution in [0.15, 0.2) is 59.4 Å². The largest absolute Gasteiger partial charge is 0.383 e. The number of rotatable bonds is 9. The molecule has 0 aliphatic carbocycles. The smallest absolute Gasteiger partial charge is 0.258 e. The molecule has 0 spiro atoms. The summed E-state index contributed by atoms with van der Waals surface area (Å²) in [6, 6.07) is 16.9. The van der Waals surface area contributed by atoms with Crippen molar-refractivity contribution in [1.29, 1.82) is 0 Å². The summed E-state index contributed by atoms with van der Waals surface area (Å²) < 4.78 is 5.17. The molecule has 0 unspecified atom stereocenters. The van der Waals surface area contributed by atoms with Gasteiger partial charge in [0.25, 0.3) is 5.56 Å². The molecule has 7 heteroatoms. The van der Waals surface area contributed by atoms with Crippen LogP contribution < -0.4 is 10.9 Å². The fourth-order valence-corrected chi connectivity index (χ4v) is 3.17. The third-order valence-corrected chi connectivity index (χ3v) is 4.69. The Morgan fingerprint density at radius 2 is 1.90 bits per heavy atom. The van der Waals surface area contributed by atoms with Crippen molar-refractivity contribution in [3.05, 3.63) is 76.3 Å². The van der Waals surface area contributed by atoms with Gasteiger partial charge in [-0.15, -0.1) is 0 Å². The van der Waals surface area contributed by atoms with Crippen LogP contribution in [0.25, 0.3) is 10.9 Å². The molecule has 3 rings (SSSR count). The summed E-state index contributed by atoms with van der Waals surface area (Å²) in [6.45, 7) is 3.49. The Morgan fingerprint density at radius 1 is 1.17 bits per heavy atom. The summed E-state index contributed by atoms with van der Waals surface area (Å²) >= 11 is 0. The molecule has 0 aliphatic heterocycles. The number of carbonyl (C=O) groups excluding carboxylic acids is 1. The van der Waals surface area contributed by atoms with Gasteiger partial charge in [-0.3, -0.25) is 14.5 Å². The third kappa shape index (κ3) is 5.73. The molecule has 0 aliphatic rings. The molecule has 0 saturated carbocycles. The normalized spacial score (nSPS) is 12.2. The number of aromatic amines is 1. The van der Waals surface area contributed by atoms with Gasteiger partial charge in [-0.2, -0.15) is 0 Å². The van der Waals surface area contributed by atoms with Crippen LogP contribution in [0.3, 0.4) is 0 Å². The van der Waals surface area contributed by atoms with Crippen LogP contribution in [0.2, 0.25) is 0 Å². The van der Waals surface area contributed by atoms with Gasteiger partial charge in [0.05, 0.1) is 36.6 Å². The second kappa shape index (κ2) is 9.95.